The normalized spacial score (nSPS) is 21.4. The molecule has 0 unspecified atom stereocenters. The van der Waals surface area contributed by atoms with Gasteiger partial charge in [0.05, 0.1) is 11.5 Å². The van der Waals surface area contributed by atoms with Crippen molar-refractivity contribution in [2.75, 3.05) is 39.3 Å². The van der Waals surface area contributed by atoms with Crippen LogP contribution in [0.1, 0.15) is 60.6 Å². The van der Waals surface area contributed by atoms with Gasteiger partial charge in [0.1, 0.15) is 0 Å². The van der Waals surface area contributed by atoms with Crippen LogP contribution in [0.3, 0.4) is 0 Å². The van der Waals surface area contributed by atoms with Gasteiger partial charge in [-0.05, 0) is 43.4 Å². The van der Waals surface area contributed by atoms with Gasteiger partial charge in [-0.1, -0.05) is 20.8 Å². The SMILES string of the molecule is CC(C)(C)CN1CCC[C@H]1c1ccc(C(=O)NCCN2CCCOC2=O)s1. The molecule has 1 aromatic heterocycles. The van der Waals surface area contributed by atoms with Crippen LogP contribution in [0.2, 0.25) is 0 Å². The van der Waals surface area contributed by atoms with Gasteiger partial charge in [-0.3, -0.25) is 9.69 Å². The highest BCUT2D eigenvalue weighted by atomic mass is 32.1. The molecule has 6 nitrogen and oxygen atoms in total. The van der Waals surface area contributed by atoms with Gasteiger partial charge in [0.25, 0.3) is 5.91 Å². The van der Waals surface area contributed by atoms with E-state index in [2.05, 4.69) is 37.1 Å². The number of amides is 2. The van der Waals surface area contributed by atoms with Crippen LogP contribution in [0.5, 0.6) is 0 Å². The number of rotatable bonds is 6. The number of carbonyl (C=O) groups is 2. The molecule has 0 saturated carbocycles. The fourth-order valence-corrected chi connectivity index (χ4v) is 4.89. The molecule has 3 heterocycles. The lowest BCUT2D eigenvalue weighted by Gasteiger charge is -2.30. The third-order valence-electron chi connectivity index (χ3n) is 4.94. The van der Waals surface area contributed by atoms with Gasteiger partial charge in [-0.15, -0.1) is 11.3 Å². The summed E-state index contributed by atoms with van der Waals surface area (Å²) < 4.78 is 5.01. The number of nitrogens with one attached hydrogen (secondary N) is 1. The standard InChI is InChI=1S/C20H31N3O3S/c1-20(2,3)14-23-10-4-6-15(23)16-7-8-17(27-16)18(24)21-9-12-22-11-5-13-26-19(22)25/h7-8,15H,4-6,9-14H2,1-3H3,(H,21,24)/t15-/m0/s1. The number of hydrogen-bond donors (Lipinski definition) is 1. The molecule has 150 valence electrons. The molecule has 2 amide bonds. The molecule has 2 fully saturated rings. The van der Waals surface area contributed by atoms with E-state index >= 15 is 0 Å². The van der Waals surface area contributed by atoms with Gasteiger partial charge in [0, 0.05) is 37.1 Å². The Labute approximate surface area is 165 Å². The minimum Gasteiger partial charge on any atom is -0.449 e. The smallest absolute Gasteiger partial charge is 0.409 e. The molecule has 0 spiro atoms. The van der Waals surface area contributed by atoms with Crippen molar-refractivity contribution in [1.82, 2.24) is 15.1 Å². The summed E-state index contributed by atoms with van der Waals surface area (Å²) in [7, 11) is 0. The minimum absolute atomic E-state index is 0.0583. The van der Waals surface area contributed by atoms with Gasteiger partial charge in [0.15, 0.2) is 0 Å². The first-order valence-electron chi connectivity index (χ1n) is 9.87. The van der Waals surface area contributed by atoms with Crippen molar-refractivity contribution in [3.63, 3.8) is 0 Å². The Morgan fingerprint density at radius 3 is 2.85 bits per heavy atom. The Bertz CT molecular complexity index is 668. The van der Waals surface area contributed by atoms with E-state index in [-0.39, 0.29) is 17.4 Å². The van der Waals surface area contributed by atoms with Crippen LogP contribution < -0.4 is 5.32 Å². The van der Waals surface area contributed by atoms with E-state index in [4.69, 9.17) is 4.74 Å². The average molecular weight is 394 g/mol. The summed E-state index contributed by atoms with van der Waals surface area (Å²) in [6.45, 7) is 11.1. The summed E-state index contributed by atoms with van der Waals surface area (Å²) in [6, 6.07) is 4.46. The molecule has 0 bridgehead atoms. The lowest BCUT2D eigenvalue weighted by molar-refractivity contribution is 0.0720. The van der Waals surface area contributed by atoms with Crippen molar-refractivity contribution in [3.8, 4) is 0 Å². The second-order valence-electron chi connectivity index (χ2n) is 8.60. The Hall–Kier alpha value is -1.60. The number of carbonyl (C=O) groups excluding carboxylic acids is 2. The van der Waals surface area contributed by atoms with Gasteiger partial charge in [-0.25, -0.2) is 4.79 Å². The van der Waals surface area contributed by atoms with Crippen LogP contribution >= 0.6 is 11.3 Å². The van der Waals surface area contributed by atoms with E-state index in [1.807, 2.05) is 6.07 Å². The highest BCUT2D eigenvalue weighted by Gasteiger charge is 2.30. The maximum atomic E-state index is 12.5. The van der Waals surface area contributed by atoms with Crippen molar-refractivity contribution in [2.24, 2.45) is 5.41 Å². The van der Waals surface area contributed by atoms with Crippen molar-refractivity contribution in [2.45, 2.75) is 46.1 Å². The second kappa shape index (κ2) is 8.61. The molecule has 0 aromatic carbocycles. The van der Waals surface area contributed by atoms with E-state index in [1.165, 1.54) is 11.3 Å². The highest BCUT2D eigenvalue weighted by molar-refractivity contribution is 7.14. The summed E-state index contributed by atoms with van der Waals surface area (Å²) in [6.07, 6.45) is 2.94. The summed E-state index contributed by atoms with van der Waals surface area (Å²) in [5, 5.41) is 2.93. The van der Waals surface area contributed by atoms with E-state index in [0.29, 0.717) is 32.3 Å². The minimum atomic E-state index is -0.283. The zero-order chi connectivity index (χ0) is 19.4. The molecule has 1 aromatic rings. The molecular weight excluding hydrogens is 362 g/mol. The zero-order valence-electron chi connectivity index (χ0n) is 16.6. The molecular formula is C20H31N3O3S. The number of likely N-dealkylation sites (tertiary alicyclic amines) is 1. The van der Waals surface area contributed by atoms with E-state index < -0.39 is 0 Å². The lowest BCUT2D eigenvalue weighted by Crippen LogP contribution is -2.42. The van der Waals surface area contributed by atoms with Crippen LogP contribution in [-0.4, -0.2) is 61.1 Å². The van der Waals surface area contributed by atoms with E-state index in [9.17, 15) is 9.59 Å². The van der Waals surface area contributed by atoms with Crippen LogP contribution in [0.4, 0.5) is 4.79 Å². The second-order valence-corrected chi connectivity index (χ2v) is 9.72. The predicted molar refractivity (Wildman–Crippen MR) is 107 cm³/mol. The first-order chi connectivity index (χ1) is 12.8. The molecule has 2 aliphatic rings. The summed E-state index contributed by atoms with van der Waals surface area (Å²) in [5.74, 6) is -0.0583. The van der Waals surface area contributed by atoms with Crippen molar-refractivity contribution >= 4 is 23.3 Å². The third kappa shape index (κ3) is 5.45. The Kier molecular flexibility index (Phi) is 6.42. The van der Waals surface area contributed by atoms with E-state index in [0.717, 1.165) is 30.8 Å². The van der Waals surface area contributed by atoms with Crippen LogP contribution in [0, 0.1) is 5.41 Å². The number of thiophene rings is 1. The average Bonchev–Trinajstić information content (AvgIpc) is 3.24. The molecule has 1 N–H and O–H groups in total. The molecule has 2 aliphatic heterocycles. The van der Waals surface area contributed by atoms with Crippen molar-refractivity contribution in [1.29, 1.82) is 0 Å². The number of ether oxygens (including phenoxy) is 1. The quantitative estimate of drug-likeness (QED) is 0.803. The van der Waals surface area contributed by atoms with E-state index in [1.54, 1.807) is 16.2 Å². The summed E-state index contributed by atoms with van der Waals surface area (Å²) in [5.41, 5.74) is 0.273. The fraction of sp³-hybridized carbons (Fsp3) is 0.700. The third-order valence-corrected chi connectivity index (χ3v) is 6.13. The number of cyclic esters (lactones) is 1. The fourth-order valence-electron chi connectivity index (χ4n) is 3.79. The Morgan fingerprint density at radius 2 is 2.11 bits per heavy atom. The zero-order valence-corrected chi connectivity index (χ0v) is 17.4. The molecule has 1 atom stereocenters. The van der Waals surface area contributed by atoms with Crippen molar-refractivity contribution in [3.05, 3.63) is 21.9 Å². The van der Waals surface area contributed by atoms with Gasteiger partial charge >= 0.3 is 6.09 Å². The molecule has 27 heavy (non-hydrogen) atoms. The molecule has 2 saturated heterocycles. The number of nitrogens with zero attached hydrogens (tertiary/aromatic N) is 2. The first-order valence-corrected chi connectivity index (χ1v) is 10.7. The largest absolute Gasteiger partial charge is 0.449 e. The van der Waals surface area contributed by atoms with Crippen LogP contribution in [-0.2, 0) is 4.74 Å². The maximum absolute atomic E-state index is 12.5. The summed E-state index contributed by atoms with van der Waals surface area (Å²) >= 11 is 1.60. The molecule has 7 heteroatoms. The number of hydrogen-bond acceptors (Lipinski definition) is 5. The maximum Gasteiger partial charge on any atom is 0.409 e. The first kappa shape index (κ1) is 20.1. The monoisotopic (exact) mass is 393 g/mol. The molecule has 0 aliphatic carbocycles. The van der Waals surface area contributed by atoms with Gasteiger partial charge < -0.3 is 15.0 Å². The lowest BCUT2D eigenvalue weighted by atomic mass is 9.95. The van der Waals surface area contributed by atoms with Gasteiger partial charge in [-0.2, -0.15) is 0 Å². The Morgan fingerprint density at radius 1 is 1.30 bits per heavy atom. The van der Waals surface area contributed by atoms with Crippen molar-refractivity contribution < 1.29 is 14.3 Å². The van der Waals surface area contributed by atoms with Crippen LogP contribution in [0.15, 0.2) is 12.1 Å². The molecule has 3 rings (SSSR count). The predicted octanol–water partition coefficient (Wildman–Crippen LogP) is 3.50. The summed E-state index contributed by atoms with van der Waals surface area (Å²) in [4.78, 5) is 30.3. The highest BCUT2D eigenvalue weighted by Crippen LogP contribution is 2.37. The Balaban J connectivity index is 1.52. The topological polar surface area (TPSA) is 61.9 Å². The van der Waals surface area contributed by atoms with Gasteiger partial charge in [0.2, 0.25) is 0 Å². The molecule has 0 radical (unpaired) electrons. The van der Waals surface area contributed by atoms with Crippen LogP contribution in [0.25, 0.3) is 0 Å².